The van der Waals surface area contributed by atoms with Gasteiger partial charge in [-0.15, -0.1) is 0 Å². The summed E-state index contributed by atoms with van der Waals surface area (Å²) in [6.45, 7) is 12.6. The molecule has 0 aliphatic carbocycles. The van der Waals surface area contributed by atoms with Crippen LogP contribution in [0.1, 0.15) is 76.5 Å². The molecule has 0 aliphatic heterocycles. The van der Waals surface area contributed by atoms with Gasteiger partial charge in [0.15, 0.2) is 0 Å². The summed E-state index contributed by atoms with van der Waals surface area (Å²) in [5.74, 6) is 0.409. The molecule has 0 atom stereocenters. The Kier molecular flexibility index (Phi) is 9.22. The lowest BCUT2D eigenvalue weighted by molar-refractivity contribution is 0.468. The van der Waals surface area contributed by atoms with E-state index in [0.717, 1.165) is 36.8 Å². The molecule has 1 heteroatoms. The summed E-state index contributed by atoms with van der Waals surface area (Å²) in [5, 5.41) is 10.4. The standard InChI is InChI=1S/C23H34O/c1-6-8-9-13-20-16-21(7-2)22(23(24)17-20)15-14-19(5)12-10-11-18(3)4/h7,11,14,16-17,24H,2,6,8-10,12-13,15H2,1,3-5H3/b19-14+. The van der Waals surface area contributed by atoms with Gasteiger partial charge in [0.25, 0.3) is 0 Å². The van der Waals surface area contributed by atoms with Gasteiger partial charge in [0.2, 0.25) is 0 Å². The first kappa shape index (κ1) is 20.3. The lowest BCUT2D eigenvalue weighted by atomic mass is 9.96. The van der Waals surface area contributed by atoms with Gasteiger partial charge in [0.1, 0.15) is 5.75 Å². The molecule has 0 bridgehead atoms. The molecule has 1 rings (SSSR count). The minimum absolute atomic E-state index is 0.409. The van der Waals surface area contributed by atoms with E-state index in [1.165, 1.54) is 36.0 Å². The third kappa shape index (κ3) is 7.21. The third-order valence-electron chi connectivity index (χ3n) is 4.36. The van der Waals surface area contributed by atoms with Crippen LogP contribution in [0.5, 0.6) is 5.75 Å². The van der Waals surface area contributed by atoms with Gasteiger partial charge < -0.3 is 5.11 Å². The maximum Gasteiger partial charge on any atom is 0.119 e. The van der Waals surface area contributed by atoms with Crippen molar-refractivity contribution in [2.75, 3.05) is 0 Å². The lowest BCUT2D eigenvalue weighted by Gasteiger charge is -2.11. The Morgan fingerprint density at radius 2 is 1.88 bits per heavy atom. The van der Waals surface area contributed by atoms with Gasteiger partial charge >= 0.3 is 0 Å². The highest BCUT2D eigenvalue weighted by Crippen LogP contribution is 2.27. The van der Waals surface area contributed by atoms with Gasteiger partial charge in [0.05, 0.1) is 0 Å². The maximum absolute atomic E-state index is 10.4. The van der Waals surface area contributed by atoms with Crippen molar-refractivity contribution in [2.24, 2.45) is 0 Å². The van der Waals surface area contributed by atoms with Gasteiger partial charge in [-0.1, -0.05) is 61.8 Å². The van der Waals surface area contributed by atoms with E-state index in [4.69, 9.17) is 0 Å². The average molecular weight is 327 g/mol. The zero-order valence-electron chi connectivity index (χ0n) is 16.0. The average Bonchev–Trinajstić information content (AvgIpc) is 2.53. The Morgan fingerprint density at radius 1 is 1.12 bits per heavy atom. The predicted molar refractivity (Wildman–Crippen MR) is 108 cm³/mol. The molecule has 0 saturated carbocycles. The van der Waals surface area contributed by atoms with Crippen molar-refractivity contribution in [3.05, 3.63) is 58.7 Å². The molecule has 0 saturated heterocycles. The highest BCUT2D eigenvalue weighted by Gasteiger charge is 2.08. The van der Waals surface area contributed by atoms with Gasteiger partial charge in [0, 0.05) is 5.56 Å². The molecule has 0 radical (unpaired) electrons. The molecule has 0 heterocycles. The smallest absolute Gasteiger partial charge is 0.119 e. The fourth-order valence-corrected chi connectivity index (χ4v) is 2.83. The first-order valence-corrected chi connectivity index (χ1v) is 9.24. The Balaban J connectivity index is 2.79. The van der Waals surface area contributed by atoms with E-state index in [9.17, 15) is 5.11 Å². The van der Waals surface area contributed by atoms with Gasteiger partial charge in [-0.25, -0.2) is 0 Å². The van der Waals surface area contributed by atoms with E-state index in [2.05, 4.69) is 52.5 Å². The Bertz CT molecular complexity index is 586. The number of phenols is 1. The summed E-state index contributed by atoms with van der Waals surface area (Å²) >= 11 is 0. The number of allylic oxidation sites excluding steroid dienone is 4. The number of rotatable bonds is 10. The molecular formula is C23H34O. The summed E-state index contributed by atoms with van der Waals surface area (Å²) in [6, 6.07) is 4.12. The largest absolute Gasteiger partial charge is 0.508 e. The number of hydrogen-bond acceptors (Lipinski definition) is 1. The Morgan fingerprint density at radius 3 is 2.50 bits per heavy atom. The zero-order valence-corrected chi connectivity index (χ0v) is 16.0. The summed E-state index contributed by atoms with van der Waals surface area (Å²) in [4.78, 5) is 0. The zero-order chi connectivity index (χ0) is 17.9. The number of unbranched alkanes of at least 4 members (excludes halogenated alkanes) is 2. The van der Waals surface area contributed by atoms with E-state index < -0.39 is 0 Å². The monoisotopic (exact) mass is 326 g/mol. The maximum atomic E-state index is 10.4. The number of benzene rings is 1. The van der Waals surface area contributed by atoms with Crippen LogP contribution in [0, 0.1) is 0 Å². The molecule has 0 aliphatic rings. The number of hydrogen-bond donors (Lipinski definition) is 1. The van der Waals surface area contributed by atoms with E-state index in [0.29, 0.717) is 5.75 Å². The van der Waals surface area contributed by atoms with E-state index in [1.807, 2.05) is 12.1 Å². The van der Waals surface area contributed by atoms with Crippen molar-refractivity contribution in [3.63, 3.8) is 0 Å². The van der Waals surface area contributed by atoms with E-state index >= 15 is 0 Å². The van der Waals surface area contributed by atoms with Crippen LogP contribution in [0.3, 0.4) is 0 Å². The van der Waals surface area contributed by atoms with Crippen LogP contribution in [-0.4, -0.2) is 5.11 Å². The first-order chi connectivity index (χ1) is 11.5. The van der Waals surface area contributed by atoms with Crippen LogP contribution in [0.4, 0.5) is 0 Å². The first-order valence-electron chi connectivity index (χ1n) is 9.24. The fourth-order valence-electron chi connectivity index (χ4n) is 2.83. The molecule has 24 heavy (non-hydrogen) atoms. The van der Waals surface area contributed by atoms with Crippen LogP contribution >= 0.6 is 0 Å². The summed E-state index contributed by atoms with van der Waals surface area (Å²) < 4.78 is 0. The molecule has 1 aromatic rings. The van der Waals surface area contributed by atoms with Crippen LogP contribution in [0.2, 0.25) is 0 Å². The van der Waals surface area contributed by atoms with Gasteiger partial charge in [-0.05, 0) is 70.1 Å². The van der Waals surface area contributed by atoms with Crippen molar-refractivity contribution in [1.29, 1.82) is 0 Å². The summed E-state index contributed by atoms with van der Waals surface area (Å²) in [7, 11) is 0. The van der Waals surface area contributed by atoms with Crippen LogP contribution < -0.4 is 0 Å². The second kappa shape index (κ2) is 10.9. The second-order valence-corrected chi connectivity index (χ2v) is 6.92. The lowest BCUT2D eigenvalue weighted by Crippen LogP contribution is -1.94. The molecule has 1 aromatic carbocycles. The van der Waals surface area contributed by atoms with Crippen LogP contribution in [-0.2, 0) is 12.8 Å². The summed E-state index contributed by atoms with van der Waals surface area (Å²) in [6.07, 6.45) is 14.0. The molecule has 0 spiro atoms. The molecule has 0 amide bonds. The Hall–Kier alpha value is -1.76. The highest BCUT2D eigenvalue weighted by molar-refractivity contribution is 5.58. The fraction of sp³-hybridized carbons (Fsp3) is 0.478. The predicted octanol–water partition coefficient (Wildman–Crippen LogP) is 7.00. The van der Waals surface area contributed by atoms with Crippen LogP contribution in [0.15, 0.2) is 42.0 Å². The molecule has 132 valence electrons. The normalized spacial score (nSPS) is 11.4. The minimum Gasteiger partial charge on any atom is -0.508 e. The van der Waals surface area contributed by atoms with E-state index in [-0.39, 0.29) is 0 Å². The third-order valence-corrected chi connectivity index (χ3v) is 4.36. The second-order valence-electron chi connectivity index (χ2n) is 6.92. The molecule has 0 aromatic heterocycles. The van der Waals surface area contributed by atoms with Crippen molar-refractivity contribution < 1.29 is 5.11 Å². The SMILES string of the molecule is C=Cc1cc(CCCCC)cc(O)c1C/C=C(\C)CCC=C(C)C. The Labute approximate surface area is 148 Å². The number of aryl methyl sites for hydroxylation is 1. The topological polar surface area (TPSA) is 20.2 Å². The molecule has 0 unspecified atom stereocenters. The molecule has 0 fully saturated rings. The minimum atomic E-state index is 0.409. The van der Waals surface area contributed by atoms with E-state index in [1.54, 1.807) is 0 Å². The summed E-state index contributed by atoms with van der Waals surface area (Å²) in [5.41, 5.74) is 6.01. The molecule has 1 N–H and O–H groups in total. The highest BCUT2D eigenvalue weighted by atomic mass is 16.3. The number of aromatic hydroxyl groups is 1. The van der Waals surface area contributed by atoms with Gasteiger partial charge in [-0.3, -0.25) is 0 Å². The quantitative estimate of drug-likeness (QED) is 0.362. The van der Waals surface area contributed by atoms with Crippen molar-refractivity contribution in [3.8, 4) is 5.75 Å². The van der Waals surface area contributed by atoms with Crippen LogP contribution in [0.25, 0.3) is 6.08 Å². The van der Waals surface area contributed by atoms with Crippen molar-refractivity contribution in [2.45, 2.75) is 72.6 Å². The molecule has 1 nitrogen and oxygen atoms in total. The molecular weight excluding hydrogens is 292 g/mol. The van der Waals surface area contributed by atoms with Gasteiger partial charge in [-0.2, -0.15) is 0 Å². The van der Waals surface area contributed by atoms with Crippen molar-refractivity contribution >= 4 is 6.08 Å². The van der Waals surface area contributed by atoms with Crippen molar-refractivity contribution in [1.82, 2.24) is 0 Å². The number of phenolic OH excluding ortho intramolecular Hbond substituents is 1.